The molecule has 3 aliphatic rings. The summed E-state index contributed by atoms with van der Waals surface area (Å²) in [5, 5.41) is 4.10. The molecule has 178 valence electrons. The van der Waals surface area contributed by atoms with Gasteiger partial charge in [-0.25, -0.2) is 0 Å². The summed E-state index contributed by atoms with van der Waals surface area (Å²) in [4.78, 5) is 20.8. The van der Waals surface area contributed by atoms with Crippen LogP contribution >= 0.6 is 0 Å². The van der Waals surface area contributed by atoms with Crippen molar-refractivity contribution in [2.75, 3.05) is 37.7 Å². The van der Waals surface area contributed by atoms with Crippen molar-refractivity contribution in [2.24, 2.45) is 17.8 Å². The maximum atomic E-state index is 12.1. The zero-order valence-corrected chi connectivity index (χ0v) is 19.9. The Labute approximate surface area is 196 Å². The number of amides is 1. The van der Waals surface area contributed by atoms with Crippen LogP contribution in [0.1, 0.15) is 63.3 Å². The van der Waals surface area contributed by atoms with Gasteiger partial charge in [0.1, 0.15) is 5.75 Å². The summed E-state index contributed by atoms with van der Waals surface area (Å²) in [7, 11) is 0. The van der Waals surface area contributed by atoms with Crippen LogP contribution in [0, 0.1) is 17.8 Å². The van der Waals surface area contributed by atoms with Gasteiger partial charge in [0.05, 0.1) is 13.0 Å². The second-order valence-electron chi connectivity index (χ2n) is 10.3. The number of benzene rings is 1. The Morgan fingerprint density at radius 2 is 1.91 bits per heavy atom. The van der Waals surface area contributed by atoms with Gasteiger partial charge >= 0.3 is 6.01 Å². The number of hydrogen-bond acceptors (Lipinski definition) is 6. The number of likely N-dealkylation sites (tertiary alicyclic amines) is 1. The van der Waals surface area contributed by atoms with Crippen molar-refractivity contribution in [3.63, 3.8) is 0 Å². The zero-order valence-electron chi connectivity index (χ0n) is 19.9. The van der Waals surface area contributed by atoms with Crippen LogP contribution in [-0.2, 0) is 11.2 Å². The van der Waals surface area contributed by atoms with Gasteiger partial charge in [-0.2, -0.15) is 4.98 Å². The Bertz CT molecular complexity index is 929. The minimum atomic E-state index is 0.234. The summed E-state index contributed by atoms with van der Waals surface area (Å²) in [6.45, 7) is 8.80. The van der Waals surface area contributed by atoms with E-state index in [2.05, 4.69) is 28.9 Å². The van der Waals surface area contributed by atoms with Crippen LogP contribution in [0.3, 0.4) is 0 Å². The summed E-state index contributed by atoms with van der Waals surface area (Å²) in [6, 6.07) is 8.73. The van der Waals surface area contributed by atoms with E-state index in [0.717, 1.165) is 80.5 Å². The molecule has 0 radical (unpaired) electrons. The van der Waals surface area contributed by atoms with Gasteiger partial charge in [0, 0.05) is 32.1 Å². The number of aromatic nitrogens is 2. The first-order valence-electron chi connectivity index (χ1n) is 12.6. The molecule has 1 aliphatic carbocycles. The number of carbonyl (C=O) groups is 1. The fraction of sp³-hybridized carbons (Fsp3) is 0.654. The summed E-state index contributed by atoms with van der Waals surface area (Å²) in [5.74, 6) is 4.68. The SMILES string of the molecule is CC(C)c1noc(N2CCC([C@H]3C[C@H]3CCOc3ccc(CC(=O)N4CCC4)cc3)CC2)n1. The summed E-state index contributed by atoms with van der Waals surface area (Å²) < 4.78 is 11.5. The molecule has 2 aliphatic heterocycles. The number of ether oxygens (including phenoxy) is 1. The molecule has 2 atom stereocenters. The van der Waals surface area contributed by atoms with E-state index < -0.39 is 0 Å². The van der Waals surface area contributed by atoms with Crippen molar-refractivity contribution in [2.45, 2.75) is 58.3 Å². The van der Waals surface area contributed by atoms with E-state index in [-0.39, 0.29) is 5.91 Å². The maximum absolute atomic E-state index is 12.1. The Kier molecular flexibility index (Phi) is 6.56. The third-order valence-electron chi connectivity index (χ3n) is 7.59. The van der Waals surface area contributed by atoms with E-state index in [4.69, 9.17) is 9.26 Å². The second kappa shape index (κ2) is 9.74. The van der Waals surface area contributed by atoms with E-state index in [9.17, 15) is 4.79 Å². The van der Waals surface area contributed by atoms with Crippen LogP contribution in [0.4, 0.5) is 6.01 Å². The topological polar surface area (TPSA) is 71.7 Å². The molecular formula is C26H36N4O3. The first-order chi connectivity index (χ1) is 16.1. The molecule has 1 saturated carbocycles. The zero-order chi connectivity index (χ0) is 22.8. The van der Waals surface area contributed by atoms with Gasteiger partial charge in [-0.05, 0) is 67.6 Å². The predicted molar refractivity (Wildman–Crippen MR) is 126 cm³/mol. The van der Waals surface area contributed by atoms with Crippen LogP contribution < -0.4 is 9.64 Å². The number of carbonyl (C=O) groups excluding carboxylic acids is 1. The van der Waals surface area contributed by atoms with Crippen molar-refractivity contribution in [3.8, 4) is 5.75 Å². The molecule has 1 amide bonds. The molecule has 0 bridgehead atoms. The van der Waals surface area contributed by atoms with Gasteiger partial charge in [-0.15, -0.1) is 0 Å². The lowest BCUT2D eigenvalue weighted by Gasteiger charge is -2.31. The standard InChI is InChI=1S/C26H36N4O3/c1-18(2)25-27-26(33-28-25)30-13-8-20(9-14-30)23-17-21(23)10-15-32-22-6-4-19(5-7-22)16-24(31)29-11-3-12-29/h4-7,18,20-21,23H,3,8-17H2,1-2H3/t21-,23-/m1/s1. The third kappa shape index (κ3) is 5.33. The highest BCUT2D eigenvalue weighted by atomic mass is 16.5. The lowest BCUT2D eigenvalue weighted by molar-refractivity contribution is -0.133. The minimum Gasteiger partial charge on any atom is -0.494 e. The largest absolute Gasteiger partial charge is 0.494 e. The van der Waals surface area contributed by atoms with E-state index in [0.29, 0.717) is 18.4 Å². The number of hydrogen-bond donors (Lipinski definition) is 0. The van der Waals surface area contributed by atoms with E-state index in [1.54, 1.807) is 0 Å². The van der Waals surface area contributed by atoms with Gasteiger partial charge in [0.15, 0.2) is 5.82 Å². The molecule has 0 unspecified atom stereocenters. The third-order valence-corrected chi connectivity index (χ3v) is 7.59. The van der Waals surface area contributed by atoms with E-state index >= 15 is 0 Å². The normalized spacial score (nSPS) is 23.0. The highest BCUT2D eigenvalue weighted by Gasteiger charge is 2.43. The van der Waals surface area contributed by atoms with Crippen molar-refractivity contribution in [1.29, 1.82) is 0 Å². The molecule has 33 heavy (non-hydrogen) atoms. The van der Waals surface area contributed by atoms with Crippen molar-refractivity contribution in [3.05, 3.63) is 35.7 Å². The Morgan fingerprint density at radius 1 is 1.15 bits per heavy atom. The van der Waals surface area contributed by atoms with Crippen LogP contribution in [-0.4, -0.2) is 53.7 Å². The molecular weight excluding hydrogens is 416 g/mol. The molecule has 7 heteroatoms. The Morgan fingerprint density at radius 3 is 2.55 bits per heavy atom. The average molecular weight is 453 g/mol. The average Bonchev–Trinajstić information content (AvgIpc) is 3.36. The molecule has 3 heterocycles. The minimum absolute atomic E-state index is 0.234. The maximum Gasteiger partial charge on any atom is 0.324 e. The Hall–Kier alpha value is -2.57. The van der Waals surface area contributed by atoms with Gasteiger partial charge < -0.3 is 19.1 Å². The molecule has 0 spiro atoms. The van der Waals surface area contributed by atoms with Crippen molar-refractivity contribution < 1.29 is 14.1 Å². The molecule has 1 aromatic carbocycles. The smallest absolute Gasteiger partial charge is 0.324 e. The number of rotatable bonds is 9. The van der Waals surface area contributed by atoms with Gasteiger partial charge in [0.25, 0.3) is 0 Å². The lowest BCUT2D eigenvalue weighted by atomic mass is 9.90. The molecule has 2 saturated heterocycles. The molecule has 5 rings (SSSR count). The van der Waals surface area contributed by atoms with E-state index in [1.165, 1.54) is 19.3 Å². The second-order valence-corrected chi connectivity index (χ2v) is 10.3. The van der Waals surface area contributed by atoms with Gasteiger partial charge in [0.2, 0.25) is 5.91 Å². The van der Waals surface area contributed by atoms with Gasteiger partial charge in [-0.3, -0.25) is 4.79 Å². The number of anilines is 1. The Balaban J connectivity index is 0.995. The van der Waals surface area contributed by atoms with Crippen LogP contribution in [0.15, 0.2) is 28.8 Å². The molecule has 1 aromatic heterocycles. The van der Waals surface area contributed by atoms with E-state index in [1.807, 2.05) is 29.2 Å². The highest BCUT2D eigenvalue weighted by molar-refractivity contribution is 5.79. The first kappa shape index (κ1) is 22.2. The number of piperidine rings is 1. The lowest BCUT2D eigenvalue weighted by Crippen LogP contribution is -2.42. The van der Waals surface area contributed by atoms with Gasteiger partial charge in [-0.1, -0.05) is 31.1 Å². The fourth-order valence-electron chi connectivity index (χ4n) is 5.17. The van der Waals surface area contributed by atoms with Crippen molar-refractivity contribution >= 4 is 11.9 Å². The summed E-state index contributed by atoms with van der Waals surface area (Å²) in [5.41, 5.74) is 1.06. The van der Waals surface area contributed by atoms with Crippen LogP contribution in [0.25, 0.3) is 0 Å². The quantitative estimate of drug-likeness (QED) is 0.565. The number of nitrogens with zero attached hydrogens (tertiary/aromatic N) is 4. The highest BCUT2D eigenvalue weighted by Crippen LogP contribution is 2.50. The molecule has 0 N–H and O–H groups in total. The fourth-order valence-corrected chi connectivity index (χ4v) is 5.17. The first-order valence-corrected chi connectivity index (χ1v) is 12.6. The molecule has 3 fully saturated rings. The molecule has 7 nitrogen and oxygen atoms in total. The predicted octanol–water partition coefficient (Wildman–Crippen LogP) is 4.29. The van der Waals surface area contributed by atoms with Crippen LogP contribution in [0.5, 0.6) is 5.75 Å². The van der Waals surface area contributed by atoms with Crippen molar-refractivity contribution in [1.82, 2.24) is 15.0 Å². The summed E-state index contributed by atoms with van der Waals surface area (Å²) >= 11 is 0. The summed E-state index contributed by atoms with van der Waals surface area (Å²) in [6.07, 6.45) is 6.51. The van der Waals surface area contributed by atoms with Crippen LogP contribution in [0.2, 0.25) is 0 Å². The monoisotopic (exact) mass is 452 g/mol. The molecule has 2 aromatic rings.